The van der Waals surface area contributed by atoms with Gasteiger partial charge in [-0.1, -0.05) is 54.4 Å². The molecule has 2 aromatic rings. The summed E-state index contributed by atoms with van der Waals surface area (Å²) in [6.07, 6.45) is 0. The largest absolute Gasteiger partial charge is 0.469 e. The van der Waals surface area contributed by atoms with E-state index in [9.17, 15) is 9.59 Å². The Hall–Kier alpha value is -2.33. The molecule has 0 aliphatic rings. The van der Waals surface area contributed by atoms with Crippen LogP contribution in [0.4, 0.5) is 0 Å². The first-order valence-electron chi connectivity index (χ1n) is 8.09. The van der Waals surface area contributed by atoms with Crippen LogP contribution in [-0.4, -0.2) is 30.4 Å². The van der Waals surface area contributed by atoms with Gasteiger partial charge in [-0.05, 0) is 30.7 Å². The van der Waals surface area contributed by atoms with E-state index in [1.54, 1.807) is 36.1 Å². The summed E-state index contributed by atoms with van der Waals surface area (Å²) in [5, 5.41) is 0.502. The molecule has 1 amide bonds. The van der Waals surface area contributed by atoms with Crippen LogP contribution in [0.15, 0.2) is 48.5 Å². The summed E-state index contributed by atoms with van der Waals surface area (Å²) in [7, 11) is 1.35. The van der Waals surface area contributed by atoms with E-state index in [1.807, 2.05) is 31.2 Å². The Morgan fingerprint density at radius 3 is 2.44 bits per heavy atom. The smallest absolute Gasteiger partial charge is 0.310 e. The van der Waals surface area contributed by atoms with Gasteiger partial charge in [-0.15, -0.1) is 0 Å². The third-order valence-corrected chi connectivity index (χ3v) is 4.19. The second kappa shape index (κ2) is 8.67. The number of halogens is 1. The molecule has 2 rings (SSSR count). The van der Waals surface area contributed by atoms with Crippen LogP contribution in [0.5, 0.6) is 0 Å². The standard InChI is InChI=1S/C20H22ClNO3/c1-14-7-9-16(10-8-14)13-22(12-15(2)20(24)25-3)19(23)17-5-4-6-18(21)11-17/h4-11,15H,12-13H2,1-3H3. The van der Waals surface area contributed by atoms with Gasteiger partial charge in [-0.3, -0.25) is 9.59 Å². The van der Waals surface area contributed by atoms with Crippen molar-refractivity contribution in [1.82, 2.24) is 4.90 Å². The van der Waals surface area contributed by atoms with Gasteiger partial charge in [0.25, 0.3) is 5.91 Å². The number of rotatable bonds is 6. The molecule has 5 heteroatoms. The van der Waals surface area contributed by atoms with Gasteiger partial charge in [0.2, 0.25) is 0 Å². The number of esters is 1. The van der Waals surface area contributed by atoms with Crippen LogP contribution < -0.4 is 0 Å². The highest BCUT2D eigenvalue weighted by atomic mass is 35.5. The molecule has 0 saturated heterocycles. The number of hydrogen-bond donors (Lipinski definition) is 0. The summed E-state index contributed by atoms with van der Waals surface area (Å²) in [5.74, 6) is -0.926. The second-order valence-corrected chi connectivity index (χ2v) is 6.54. The van der Waals surface area contributed by atoms with E-state index in [1.165, 1.54) is 7.11 Å². The number of carbonyl (C=O) groups excluding carboxylic acids is 2. The quantitative estimate of drug-likeness (QED) is 0.729. The number of benzene rings is 2. The number of methoxy groups -OCH3 is 1. The lowest BCUT2D eigenvalue weighted by Crippen LogP contribution is -2.36. The van der Waals surface area contributed by atoms with Gasteiger partial charge in [0.1, 0.15) is 0 Å². The van der Waals surface area contributed by atoms with Crippen molar-refractivity contribution < 1.29 is 14.3 Å². The molecule has 1 unspecified atom stereocenters. The predicted molar refractivity (Wildman–Crippen MR) is 98.6 cm³/mol. The summed E-state index contributed by atoms with van der Waals surface area (Å²) >= 11 is 6.00. The van der Waals surface area contributed by atoms with Crippen molar-refractivity contribution in [3.8, 4) is 0 Å². The lowest BCUT2D eigenvalue weighted by atomic mass is 10.1. The first kappa shape index (κ1) is 19.0. The highest BCUT2D eigenvalue weighted by molar-refractivity contribution is 6.30. The van der Waals surface area contributed by atoms with E-state index >= 15 is 0 Å². The van der Waals surface area contributed by atoms with Crippen molar-refractivity contribution in [2.75, 3.05) is 13.7 Å². The van der Waals surface area contributed by atoms with Crippen molar-refractivity contribution in [1.29, 1.82) is 0 Å². The lowest BCUT2D eigenvalue weighted by Gasteiger charge is -2.25. The zero-order chi connectivity index (χ0) is 18.4. The van der Waals surface area contributed by atoms with Gasteiger partial charge in [-0.25, -0.2) is 0 Å². The lowest BCUT2D eigenvalue weighted by molar-refractivity contribution is -0.145. The molecule has 1 atom stereocenters. The maximum Gasteiger partial charge on any atom is 0.310 e. The molecule has 0 bridgehead atoms. The van der Waals surface area contributed by atoms with Gasteiger partial charge in [0.05, 0.1) is 13.0 Å². The fraction of sp³-hybridized carbons (Fsp3) is 0.300. The maximum absolute atomic E-state index is 12.9. The predicted octanol–water partition coefficient (Wildman–Crippen LogP) is 4.10. The van der Waals surface area contributed by atoms with E-state index in [-0.39, 0.29) is 18.4 Å². The van der Waals surface area contributed by atoms with E-state index in [2.05, 4.69) is 0 Å². The maximum atomic E-state index is 12.9. The SMILES string of the molecule is COC(=O)C(C)CN(Cc1ccc(C)cc1)C(=O)c1cccc(Cl)c1. The molecule has 2 aromatic carbocycles. The molecule has 4 nitrogen and oxygen atoms in total. The van der Waals surface area contributed by atoms with Crippen LogP contribution in [0.2, 0.25) is 5.02 Å². The molecular formula is C20H22ClNO3. The Kier molecular flexibility index (Phi) is 6.59. The van der Waals surface area contributed by atoms with Gasteiger partial charge >= 0.3 is 5.97 Å². The van der Waals surface area contributed by atoms with Crippen LogP contribution in [0.1, 0.15) is 28.4 Å². The van der Waals surface area contributed by atoms with E-state index in [4.69, 9.17) is 16.3 Å². The fourth-order valence-corrected chi connectivity index (χ4v) is 2.73. The topological polar surface area (TPSA) is 46.6 Å². The number of amides is 1. The number of ether oxygens (including phenoxy) is 1. The summed E-state index contributed by atoms with van der Waals surface area (Å²) in [4.78, 5) is 26.4. The third-order valence-electron chi connectivity index (χ3n) is 3.95. The molecule has 0 aliphatic carbocycles. The van der Waals surface area contributed by atoms with Crippen LogP contribution in [0.3, 0.4) is 0 Å². The molecular weight excluding hydrogens is 338 g/mol. The van der Waals surface area contributed by atoms with Crippen LogP contribution in [0, 0.1) is 12.8 Å². The van der Waals surface area contributed by atoms with Crippen molar-refractivity contribution >= 4 is 23.5 Å². The van der Waals surface area contributed by atoms with Gasteiger partial charge in [0.15, 0.2) is 0 Å². The van der Waals surface area contributed by atoms with Crippen LogP contribution in [-0.2, 0) is 16.1 Å². The molecule has 0 aliphatic heterocycles. The number of hydrogen-bond acceptors (Lipinski definition) is 3. The number of nitrogens with zero attached hydrogens (tertiary/aromatic N) is 1. The third kappa shape index (κ3) is 5.33. The highest BCUT2D eigenvalue weighted by Crippen LogP contribution is 2.17. The monoisotopic (exact) mass is 359 g/mol. The van der Waals surface area contributed by atoms with Crippen LogP contribution in [0.25, 0.3) is 0 Å². The van der Waals surface area contributed by atoms with E-state index in [0.29, 0.717) is 17.1 Å². The summed E-state index contributed by atoms with van der Waals surface area (Å²) in [6.45, 7) is 4.44. The van der Waals surface area contributed by atoms with Crippen molar-refractivity contribution in [3.05, 3.63) is 70.2 Å². The summed E-state index contributed by atoms with van der Waals surface area (Å²) in [6, 6.07) is 14.8. The molecule has 0 N–H and O–H groups in total. The minimum Gasteiger partial charge on any atom is -0.469 e. The fourth-order valence-electron chi connectivity index (χ4n) is 2.54. The first-order chi connectivity index (χ1) is 11.9. The number of carbonyl (C=O) groups is 2. The molecule has 0 fully saturated rings. The normalized spacial score (nSPS) is 11.7. The molecule has 0 aromatic heterocycles. The molecule has 0 radical (unpaired) electrons. The Labute approximate surface area is 153 Å². The Bertz CT molecular complexity index is 743. The zero-order valence-electron chi connectivity index (χ0n) is 14.7. The first-order valence-corrected chi connectivity index (χ1v) is 8.46. The van der Waals surface area contributed by atoms with Gasteiger partial charge < -0.3 is 9.64 Å². The van der Waals surface area contributed by atoms with Crippen LogP contribution >= 0.6 is 11.6 Å². The summed E-state index contributed by atoms with van der Waals surface area (Å²) < 4.78 is 4.79. The Morgan fingerprint density at radius 2 is 1.84 bits per heavy atom. The minimum absolute atomic E-state index is 0.168. The Balaban J connectivity index is 2.25. The number of aryl methyl sites for hydroxylation is 1. The van der Waals surface area contributed by atoms with Gasteiger partial charge in [-0.2, -0.15) is 0 Å². The molecule has 0 saturated carbocycles. The van der Waals surface area contributed by atoms with Crippen molar-refractivity contribution in [3.63, 3.8) is 0 Å². The molecule has 0 spiro atoms. The minimum atomic E-state index is -0.418. The Morgan fingerprint density at radius 1 is 1.16 bits per heavy atom. The summed E-state index contributed by atoms with van der Waals surface area (Å²) in [5.41, 5.74) is 2.65. The average molecular weight is 360 g/mol. The second-order valence-electron chi connectivity index (χ2n) is 6.11. The highest BCUT2D eigenvalue weighted by Gasteiger charge is 2.23. The zero-order valence-corrected chi connectivity index (χ0v) is 15.4. The van der Waals surface area contributed by atoms with Crippen molar-refractivity contribution in [2.45, 2.75) is 20.4 Å². The molecule has 132 valence electrons. The van der Waals surface area contributed by atoms with E-state index < -0.39 is 5.92 Å². The van der Waals surface area contributed by atoms with Gasteiger partial charge in [0, 0.05) is 23.7 Å². The van der Waals surface area contributed by atoms with Crippen molar-refractivity contribution in [2.24, 2.45) is 5.92 Å². The average Bonchev–Trinajstić information content (AvgIpc) is 2.61. The molecule has 25 heavy (non-hydrogen) atoms. The van der Waals surface area contributed by atoms with E-state index in [0.717, 1.165) is 11.1 Å². The molecule has 0 heterocycles.